The molecule has 0 aromatic heterocycles. The first kappa shape index (κ1) is 21.0. The minimum Gasteiger partial charge on any atom is -0.481 e. The van der Waals surface area contributed by atoms with E-state index >= 15 is 0 Å². The fourth-order valence-corrected chi connectivity index (χ4v) is 4.05. The number of halogens is 2. The number of carboxylic acid groups (broad SMARTS) is 1. The van der Waals surface area contributed by atoms with E-state index in [-0.39, 0.29) is 11.8 Å². The first-order valence-corrected chi connectivity index (χ1v) is 10.1. The van der Waals surface area contributed by atoms with E-state index < -0.39 is 18.2 Å². The van der Waals surface area contributed by atoms with E-state index in [4.69, 9.17) is 27.9 Å². The lowest BCUT2D eigenvalue weighted by molar-refractivity contribution is -0.140. The Balaban J connectivity index is 2.14. The number of hydrogen-bond acceptors (Lipinski definition) is 3. The Hall–Kier alpha value is -1.75. The molecule has 0 saturated heterocycles. The summed E-state index contributed by atoms with van der Waals surface area (Å²) < 4.78 is 6.35. The van der Waals surface area contributed by atoms with Crippen molar-refractivity contribution in [1.29, 1.82) is 0 Å². The predicted octanol–water partition coefficient (Wildman–Crippen LogP) is 5.81. The Labute approximate surface area is 176 Å². The SMILES string of the molecule is CC(C)(C)CN1CC(CC(=O)O)OC(c2ccccc2Cl)c2cc(Cl)ccc21. The zero-order valence-electron chi connectivity index (χ0n) is 16.3. The van der Waals surface area contributed by atoms with E-state index in [0.717, 1.165) is 23.4 Å². The number of ether oxygens (including phenoxy) is 1. The molecule has 4 nitrogen and oxygen atoms in total. The highest BCUT2D eigenvalue weighted by atomic mass is 35.5. The van der Waals surface area contributed by atoms with Gasteiger partial charge in [0.2, 0.25) is 0 Å². The minimum atomic E-state index is -0.886. The number of hydrogen-bond donors (Lipinski definition) is 1. The van der Waals surface area contributed by atoms with Crippen LogP contribution in [0.4, 0.5) is 5.69 Å². The first-order chi connectivity index (χ1) is 13.1. The summed E-state index contributed by atoms with van der Waals surface area (Å²) in [5.74, 6) is -0.886. The summed E-state index contributed by atoms with van der Waals surface area (Å²) in [5, 5.41) is 10.6. The van der Waals surface area contributed by atoms with Crippen molar-refractivity contribution in [3.05, 3.63) is 63.6 Å². The van der Waals surface area contributed by atoms with Gasteiger partial charge in [0.05, 0.1) is 12.5 Å². The lowest BCUT2D eigenvalue weighted by atomic mass is 9.94. The third-order valence-corrected chi connectivity index (χ3v) is 5.20. The third-order valence-electron chi connectivity index (χ3n) is 4.62. The molecule has 2 aromatic carbocycles. The average molecular weight is 422 g/mol. The van der Waals surface area contributed by atoms with Gasteiger partial charge in [0, 0.05) is 39.9 Å². The molecule has 1 N–H and O–H groups in total. The van der Waals surface area contributed by atoms with Gasteiger partial charge in [0.15, 0.2) is 0 Å². The van der Waals surface area contributed by atoms with Crippen molar-refractivity contribution in [2.45, 2.75) is 39.4 Å². The molecule has 2 aromatic rings. The molecule has 6 heteroatoms. The quantitative estimate of drug-likeness (QED) is 0.676. The number of rotatable bonds is 4. The smallest absolute Gasteiger partial charge is 0.306 e. The summed E-state index contributed by atoms with van der Waals surface area (Å²) in [4.78, 5) is 13.7. The number of benzene rings is 2. The second kappa shape index (κ2) is 8.32. The molecule has 0 amide bonds. The molecule has 2 atom stereocenters. The maximum absolute atomic E-state index is 11.5. The fourth-order valence-electron chi connectivity index (χ4n) is 3.63. The molecule has 0 fully saturated rings. The maximum Gasteiger partial charge on any atom is 0.306 e. The van der Waals surface area contributed by atoms with Crippen molar-refractivity contribution in [2.75, 3.05) is 18.0 Å². The molecule has 1 heterocycles. The van der Waals surface area contributed by atoms with Crippen LogP contribution in [0.1, 0.15) is 44.4 Å². The van der Waals surface area contributed by atoms with Gasteiger partial charge in [-0.1, -0.05) is 62.2 Å². The Kier molecular flexibility index (Phi) is 6.23. The summed E-state index contributed by atoms with van der Waals surface area (Å²) in [6, 6.07) is 13.2. The molecule has 28 heavy (non-hydrogen) atoms. The Morgan fingerprint density at radius 1 is 1.18 bits per heavy atom. The van der Waals surface area contributed by atoms with Gasteiger partial charge < -0.3 is 14.7 Å². The molecule has 150 valence electrons. The van der Waals surface area contributed by atoms with E-state index in [1.165, 1.54) is 0 Å². The van der Waals surface area contributed by atoms with Crippen molar-refractivity contribution in [3.63, 3.8) is 0 Å². The highest BCUT2D eigenvalue weighted by Crippen LogP contribution is 2.42. The second-order valence-corrected chi connectivity index (χ2v) is 9.25. The van der Waals surface area contributed by atoms with Gasteiger partial charge in [-0.25, -0.2) is 0 Å². The monoisotopic (exact) mass is 421 g/mol. The topological polar surface area (TPSA) is 49.8 Å². The summed E-state index contributed by atoms with van der Waals surface area (Å²) in [5.41, 5.74) is 2.73. The highest BCUT2D eigenvalue weighted by molar-refractivity contribution is 6.31. The number of aliphatic carboxylic acids is 1. The van der Waals surface area contributed by atoms with Gasteiger partial charge in [-0.3, -0.25) is 4.79 Å². The van der Waals surface area contributed by atoms with E-state index in [1.54, 1.807) is 0 Å². The normalized spacial score (nSPS) is 19.8. The molecule has 1 aliphatic rings. The van der Waals surface area contributed by atoms with Crippen LogP contribution in [-0.4, -0.2) is 30.3 Å². The van der Waals surface area contributed by atoms with Crippen LogP contribution in [0.3, 0.4) is 0 Å². The van der Waals surface area contributed by atoms with Crippen LogP contribution >= 0.6 is 23.2 Å². The number of anilines is 1. The molecule has 0 aliphatic carbocycles. The van der Waals surface area contributed by atoms with E-state index in [0.29, 0.717) is 16.6 Å². The van der Waals surface area contributed by atoms with E-state index in [2.05, 4.69) is 25.7 Å². The molecule has 0 bridgehead atoms. The summed E-state index contributed by atoms with van der Waals surface area (Å²) in [6.07, 6.45) is -1.05. The van der Waals surface area contributed by atoms with Crippen LogP contribution in [0.5, 0.6) is 0 Å². The molecule has 0 saturated carbocycles. The average Bonchev–Trinajstić information content (AvgIpc) is 2.70. The highest BCUT2D eigenvalue weighted by Gasteiger charge is 2.33. The molecule has 0 spiro atoms. The van der Waals surface area contributed by atoms with Crippen molar-refractivity contribution in [3.8, 4) is 0 Å². The Morgan fingerprint density at radius 3 is 2.54 bits per heavy atom. The van der Waals surface area contributed by atoms with Crippen molar-refractivity contribution in [1.82, 2.24) is 0 Å². The molecule has 2 unspecified atom stereocenters. The van der Waals surface area contributed by atoms with Gasteiger partial charge in [-0.05, 0) is 29.7 Å². The lowest BCUT2D eigenvalue weighted by Gasteiger charge is -2.33. The largest absolute Gasteiger partial charge is 0.481 e. The lowest BCUT2D eigenvalue weighted by Crippen LogP contribution is -2.38. The minimum absolute atomic E-state index is 0.0227. The second-order valence-electron chi connectivity index (χ2n) is 8.40. The summed E-state index contributed by atoms with van der Waals surface area (Å²) in [7, 11) is 0. The number of fused-ring (bicyclic) bond motifs is 1. The zero-order chi connectivity index (χ0) is 20.5. The van der Waals surface area contributed by atoms with Crippen molar-refractivity contribution >= 4 is 34.9 Å². The van der Waals surface area contributed by atoms with Gasteiger partial charge in [-0.15, -0.1) is 0 Å². The van der Waals surface area contributed by atoms with E-state index in [1.807, 2.05) is 42.5 Å². The van der Waals surface area contributed by atoms with Crippen LogP contribution in [0.15, 0.2) is 42.5 Å². The molecular formula is C22H25Cl2NO3. The van der Waals surface area contributed by atoms with Gasteiger partial charge >= 0.3 is 5.97 Å². The van der Waals surface area contributed by atoms with Crippen LogP contribution in [0.2, 0.25) is 10.0 Å². The zero-order valence-corrected chi connectivity index (χ0v) is 17.8. The number of carboxylic acids is 1. The van der Waals surface area contributed by atoms with Crippen LogP contribution < -0.4 is 4.90 Å². The molecular weight excluding hydrogens is 397 g/mol. The standard InChI is InChI=1S/C22H25Cl2NO3/c1-22(2,3)13-25-12-15(11-20(26)27)28-21(16-6-4-5-7-18(16)24)17-10-14(23)8-9-19(17)25/h4-10,15,21H,11-13H2,1-3H3,(H,26,27). The Bertz CT molecular complexity index is 863. The number of nitrogens with zero attached hydrogens (tertiary/aromatic N) is 1. The van der Waals surface area contributed by atoms with Gasteiger partial charge in [0.25, 0.3) is 0 Å². The summed E-state index contributed by atoms with van der Waals surface area (Å²) >= 11 is 12.8. The van der Waals surface area contributed by atoms with Crippen LogP contribution in [-0.2, 0) is 9.53 Å². The van der Waals surface area contributed by atoms with Crippen molar-refractivity contribution < 1.29 is 14.6 Å². The molecule has 0 radical (unpaired) electrons. The van der Waals surface area contributed by atoms with Crippen LogP contribution in [0, 0.1) is 5.41 Å². The van der Waals surface area contributed by atoms with Gasteiger partial charge in [-0.2, -0.15) is 0 Å². The molecule has 3 rings (SSSR count). The van der Waals surface area contributed by atoms with Crippen molar-refractivity contribution in [2.24, 2.45) is 5.41 Å². The van der Waals surface area contributed by atoms with Crippen LogP contribution in [0.25, 0.3) is 0 Å². The first-order valence-electron chi connectivity index (χ1n) is 9.30. The maximum atomic E-state index is 11.5. The predicted molar refractivity (Wildman–Crippen MR) is 114 cm³/mol. The third kappa shape index (κ3) is 4.99. The Morgan fingerprint density at radius 2 is 1.89 bits per heavy atom. The summed E-state index contributed by atoms with van der Waals surface area (Å²) in [6.45, 7) is 7.72. The number of carbonyl (C=O) groups is 1. The van der Waals surface area contributed by atoms with Gasteiger partial charge in [0.1, 0.15) is 6.10 Å². The fraction of sp³-hybridized carbons (Fsp3) is 0.409. The molecule has 1 aliphatic heterocycles. The van der Waals surface area contributed by atoms with E-state index in [9.17, 15) is 9.90 Å².